The van der Waals surface area contributed by atoms with Crippen LogP contribution in [0.1, 0.15) is 16.8 Å². The molecule has 1 unspecified atom stereocenters. The summed E-state index contributed by atoms with van der Waals surface area (Å²) in [5.41, 5.74) is 5.46. The number of nitrogens with two attached hydrogens (primary N) is 1. The zero-order valence-corrected chi connectivity index (χ0v) is 10.3. The van der Waals surface area contributed by atoms with Crippen LogP contribution in [0.5, 0.6) is 5.75 Å². The zero-order valence-electron chi connectivity index (χ0n) is 10.3. The predicted octanol–water partition coefficient (Wildman–Crippen LogP) is -0.128. The van der Waals surface area contributed by atoms with Crippen molar-refractivity contribution in [3.63, 3.8) is 0 Å². The third-order valence-electron chi connectivity index (χ3n) is 2.53. The number of aromatic carboxylic acids is 1. The molecular weight excluding hydrogens is 268 g/mol. The van der Waals surface area contributed by atoms with Gasteiger partial charge in [0.05, 0.1) is 24.1 Å². The maximum absolute atomic E-state index is 10.8. The Bertz CT molecular complexity index is 531. The van der Waals surface area contributed by atoms with E-state index >= 15 is 0 Å². The van der Waals surface area contributed by atoms with Crippen LogP contribution >= 0.6 is 0 Å². The molecule has 0 fully saturated rings. The van der Waals surface area contributed by atoms with Gasteiger partial charge in [0.25, 0.3) is 0 Å². The minimum absolute atomic E-state index is 0.158. The van der Waals surface area contributed by atoms with E-state index < -0.39 is 30.4 Å². The molecule has 6 N–H and O–H groups in total. The molecule has 0 aliphatic rings. The van der Waals surface area contributed by atoms with E-state index in [-0.39, 0.29) is 17.0 Å². The number of anilines is 1. The number of rotatable bonds is 7. The number of benzene rings is 1. The first-order valence-electron chi connectivity index (χ1n) is 5.60. The summed E-state index contributed by atoms with van der Waals surface area (Å²) < 4.78 is 0. The number of carboxylic acid groups (broad SMARTS) is 2. The first kappa shape index (κ1) is 15.4. The molecule has 2 atom stereocenters. The van der Waals surface area contributed by atoms with Crippen LogP contribution in [0.2, 0.25) is 0 Å². The number of carbonyl (C=O) groups excluding carboxylic acids is 1. The highest BCUT2D eigenvalue weighted by atomic mass is 16.4. The lowest BCUT2D eigenvalue weighted by atomic mass is 10.1. The molecule has 0 aromatic heterocycles. The highest BCUT2D eigenvalue weighted by Crippen LogP contribution is 2.21. The molecule has 8 heteroatoms. The van der Waals surface area contributed by atoms with Gasteiger partial charge >= 0.3 is 11.9 Å². The maximum atomic E-state index is 10.8. The number of aliphatic carboxylic acids is 1. The van der Waals surface area contributed by atoms with E-state index in [0.717, 1.165) is 6.07 Å². The molecule has 108 valence electrons. The van der Waals surface area contributed by atoms with Crippen LogP contribution in [0.15, 0.2) is 18.2 Å². The first-order valence-corrected chi connectivity index (χ1v) is 5.60. The Morgan fingerprint density at radius 2 is 1.95 bits per heavy atom. The summed E-state index contributed by atoms with van der Waals surface area (Å²) in [6.45, 7) is 0. The Hall–Kier alpha value is -2.61. The second-order valence-electron chi connectivity index (χ2n) is 4.14. The fourth-order valence-electron chi connectivity index (χ4n) is 1.60. The lowest BCUT2D eigenvalue weighted by Crippen LogP contribution is -2.42. The van der Waals surface area contributed by atoms with Crippen LogP contribution in [0.25, 0.3) is 0 Å². The van der Waals surface area contributed by atoms with E-state index in [1.54, 1.807) is 0 Å². The molecule has 0 saturated heterocycles. The van der Waals surface area contributed by atoms with Gasteiger partial charge in [0.1, 0.15) is 12.0 Å². The van der Waals surface area contributed by atoms with Crippen molar-refractivity contribution < 1.29 is 29.7 Å². The molecule has 0 amide bonds. The van der Waals surface area contributed by atoms with Gasteiger partial charge in [0, 0.05) is 11.8 Å². The molecule has 1 aromatic rings. The summed E-state index contributed by atoms with van der Waals surface area (Å²) in [6.07, 6.45) is -0.0422. The SMILES string of the molecule is N[C@H](C=O)C(CC(=O)O)Nc1cc(O)cc(C(=O)O)c1. The normalized spacial score (nSPS) is 13.2. The van der Waals surface area contributed by atoms with Crippen molar-refractivity contribution in [2.75, 3.05) is 5.32 Å². The number of phenolic OH excluding ortho intramolecular Hbond substituents is 1. The van der Waals surface area contributed by atoms with E-state index in [1.165, 1.54) is 12.1 Å². The lowest BCUT2D eigenvalue weighted by Gasteiger charge is -2.21. The molecule has 0 bridgehead atoms. The summed E-state index contributed by atoms with van der Waals surface area (Å²) in [5, 5.41) is 29.7. The monoisotopic (exact) mass is 282 g/mol. The Morgan fingerprint density at radius 3 is 2.45 bits per heavy atom. The molecule has 1 aromatic carbocycles. The second-order valence-corrected chi connectivity index (χ2v) is 4.14. The van der Waals surface area contributed by atoms with Gasteiger partial charge in [-0.15, -0.1) is 0 Å². The third-order valence-corrected chi connectivity index (χ3v) is 2.53. The topological polar surface area (TPSA) is 150 Å². The maximum Gasteiger partial charge on any atom is 0.335 e. The minimum Gasteiger partial charge on any atom is -0.508 e. The van der Waals surface area contributed by atoms with Gasteiger partial charge in [-0.05, 0) is 12.1 Å². The van der Waals surface area contributed by atoms with Crippen molar-refractivity contribution in [1.29, 1.82) is 0 Å². The summed E-state index contributed by atoms with van der Waals surface area (Å²) in [7, 11) is 0. The van der Waals surface area contributed by atoms with Gasteiger partial charge in [0.15, 0.2) is 0 Å². The van der Waals surface area contributed by atoms with Gasteiger partial charge in [0.2, 0.25) is 0 Å². The minimum atomic E-state index is -1.25. The quantitative estimate of drug-likeness (QED) is 0.434. The van der Waals surface area contributed by atoms with Gasteiger partial charge in [-0.1, -0.05) is 0 Å². The van der Waals surface area contributed by atoms with E-state index in [9.17, 15) is 19.5 Å². The van der Waals surface area contributed by atoms with Crippen LogP contribution in [0.3, 0.4) is 0 Å². The highest BCUT2D eigenvalue weighted by molar-refractivity contribution is 5.89. The number of hydrogen-bond donors (Lipinski definition) is 5. The van der Waals surface area contributed by atoms with Crippen molar-refractivity contribution in [1.82, 2.24) is 0 Å². The smallest absolute Gasteiger partial charge is 0.335 e. The van der Waals surface area contributed by atoms with Gasteiger partial charge in [-0.25, -0.2) is 4.79 Å². The largest absolute Gasteiger partial charge is 0.508 e. The molecule has 1 rings (SSSR count). The molecule has 20 heavy (non-hydrogen) atoms. The molecule has 0 radical (unpaired) electrons. The van der Waals surface area contributed by atoms with Crippen LogP contribution in [-0.2, 0) is 9.59 Å². The van der Waals surface area contributed by atoms with Crippen LogP contribution in [-0.4, -0.2) is 45.6 Å². The van der Waals surface area contributed by atoms with E-state index in [0.29, 0.717) is 6.29 Å². The van der Waals surface area contributed by atoms with Gasteiger partial charge in [-0.2, -0.15) is 0 Å². The van der Waals surface area contributed by atoms with E-state index in [2.05, 4.69) is 5.32 Å². The molecule has 0 saturated carbocycles. The number of hydrogen-bond acceptors (Lipinski definition) is 6. The van der Waals surface area contributed by atoms with E-state index in [4.69, 9.17) is 15.9 Å². The molecule has 0 aliphatic carbocycles. The summed E-state index contributed by atoms with van der Waals surface area (Å²) in [4.78, 5) is 32.2. The second kappa shape index (κ2) is 6.53. The number of nitrogens with one attached hydrogen (secondary N) is 1. The van der Waals surface area contributed by atoms with Gasteiger partial charge < -0.3 is 31.2 Å². The first-order chi connectivity index (χ1) is 9.33. The number of aromatic hydroxyl groups is 1. The molecular formula is C12H14N2O6. The van der Waals surface area contributed by atoms with Crippen LogP contribution < -0.4 is 11.1 Å². The van der Waals surface area contributed by atoms with Crippen LogP contribution in [0, 0.1) is 0 Å². The Morgan fingerprint density at radius 1 is 1.30 bits per heavy atom. The standard InChI is InChI=1S/C12H14N2O6/c13-9(5-15)10(4-11(17)18)14-7-1-6(12(19)20)2-8(16)3-7/h1-3,5,9-10,14,16H,4,13H2,(H,17,18)(H,19,20)/t9-,10?/m1/s1. The zero-order chi connectivity index (χ0) is 15.3. The lowest BCUT2D eigenvalue weighted by molar-refractivity contribution is -0.137. The fourth-order valence-corrected chi connectivity index (χ4v) is 1.60. The van der Waals surface area contributed by atoms with Crippen LogP contribution in [0.4, 0.5) is 5.69 Å². The number of aldehydes is 1. The Labute approximate surface area is 113 Å². The average Bonchev–Trinajstić information content (AvgIpc) is 2.35. The van der Waals surface area contributed by atoms with Crippen molar-refractivity contribution in [2.24, 2.45) is 5.73 Å². The van der Waals surface area contributed by atoms with Crippen molar-refractivity contribution >= 4 is 23.9 Å². The molecule has 0 heterocycles. The van der Waals surface area contributed by atoms with Crippen molar-refractivity contribution in [3.8, 4) is 5.75 Å². The molecule has 0 spiro atoms. The number of carboxylic acids is 2. The summed E-state index contributed by atoms with van der Waals surface area (Å²) in [5.74, 6) is -2.72. The Balaban J connectivity index is 3.00. The fraction of sp³-hybridized carbons (Fsp3) is 0.250. The van der Waals surface area contributed by atoms with Crippen molar-refractivity contribution in [3.05, 3.63) is 23.8 Å². The predicted molar refractivity (Wildman–Crippen MR) is 68.8 cm³/mol. The van der Waals surface area contributed by atoms with E-state index in [1.807, 2.05) is 0 Å². The third kappa shape index (κ3) is 4.25. The molecule has 0 aliphatic heterocycles. The number of carbonyl (C=O) groups is 3. The number of phenols is 1. The highest BCUT2D eigenvalue weighted by Gasteiger charge is 2.21. The molecule has 8 nitrogen and oxygen atoms in total. The summed E-state index contributed by atoms with van der Waals surface area (Å²) in [6, 6.07) is 1.45. The van der Waals surface area contributed by atoms with Gasteiger partial charge in [-0.3, -0.25) is 4.79 Å². The Kier molecular flexibility index (Phi) is 5.04. The summed E-state index contributed by atoms with van der Waals surface area (Å²) >= 11 is 0. The average molecular weight is 282 g/mol. The van der Waals surface area contributed by atoms with Crippen molar-refractivity contribution in [2.45, 2.75) is 18.5 Å².